The quantitative estimate of drug-likeness (QED) is 0.869. The number of aryl methyl sites for hydroxylation is 1. The van der Waals surface area contributed by atoms with E-state index in [1.807, 2.05) is 6.92 Å². The van der Waals surface area contributed by atoms with Crippen LogP contribution in [0.25, 0.3) is 0 Å². The number of anilines is 1. The second-order valence-electron chi connectivity index (χ2n) is 5.52. The van der Waals surface area contributed by atoms with E-state index in [0.717, 1.165) is 29.7 Å². The van der Waals surface area contributed by atoms with E-state index in [2.05, 4.69) is 14.9 Å². The molecule has 0 radical (unpaired) electrons. The van der Waals surface area contributed by atoms with E-state index in [4.69, 9.17) is 0 Å². The average Bonchev–Trinajstić information content (AvgIpc) is 2.86. The molecule has 18 heavy (non-hydrogen) atoms. The molecule has 1 N–H and O–H groups in total. The van der Waals surface area contributed by atoms with Crippen LogP contribution in [0.1, 0.15) is 43.5 Å². The van der Waals surface area contributed by atoms with Gasteiger partial charge in [0.1, 0.15) is 11.6 Å². The summed E-state index contributed by atoms with van der Waals surface area (Å²) in [5.41, 5.74) is 0.869. The zero-order chi connectivity index (χ0) is 12.5. The molecule has 0 spiro atoms. The minimum atomic E-state index is 0.0312. The van der Waals surface area contributed by atoms with Gasteiger partial charge in [0, 0.05) is 24.3 Å². The van der Waals surface area contributed by atoms with E-state index in [1.54, 1.807) is 6.20 Å². The fraction of sp³-hybridized carbons (Fsp3) is 0.714. The van der Waals surface area contributed by atoms with Crippen molar-refractivity contribution in [1.29, 1.82) is 0 Å². The molecule has 1 aromatic heterocycles. The topological polar surface area (TPSA) is 49.3 Å². The molecule has 2 fully saturated rings. The number of aliphatic hydroxyl groups excluding tert-OH is 1. The van der Waals surface area contributed by atoms with Gasteiger partial charge in [-0.25, -0.2) is 9.97 Å². The maximum atomic E-state index is 9.47. The Balaban J connectivity index is 1.95. The summed E-state index contributed by atoms with van der Waals surface area (Å²) < 4.78 is 0. The lowest BCUT2D eigenvalue weighted by atomic mass is 9.92. The highest BCUT2D eigenvalue weighted by Gasteiger charge is 2.36. The number of aliphatic hydroxyl groups is 1. The second kappa shape index (κ2) is 4.84. The highest BCUT2D eigenvalue weighted by molar-refractivity contribution is 5.47. The molecule has 98 valence electrons. The van der Waals surface area contributed by atoms with Gasteiger partial charge in [0.25, 0.3) is 0 Å². The first-order chi connectivity index (χ1) is 8.79. The van der Waals surface area contributed by atoms with Crippen molar-refractivity contribution in [2.24, 2.45) is 5.92 Å². The van der Waals surface area contributed by atoms with Crippen molar-refractivity contribution in [1.82, 2.24) is 9.97 Å². The largest absolute Gasteiger partial charge is 0.391 e. The highest BCUT2D eigenvalue weighted by Crippen LogP contribution is 2.39. The molecule has 1 aromatic rings. The molecule has 4 nitrogen and oxygen atoms in total. The van der Waals surface area contributed by atoms with Crippen molar-refractivity contribution in [3.8, 4) is 0 Å². The molecule has 2 unspecified atom stereocenters. The third-order valence-corrected chi connectivity index (χ3v) is 4.40. The monoisotopic (exact) mass is 247 g/mol. The molecule has 2 atom stereocenters. The summed E-state index contributed by atoms with van der Waals surface area (Å²) in [7, 11) is 0. The van der Waals surface area contributed by atoms with Crippen LogP contribution in [0.3, 0.4) is 0 Å². The summed E-state index contributed by atoms with van der Waals surface area (Å²) in [5, 5.41) is 9.47. The zero-order valence-corrected chi connectivity index (χ0v) is 11.0. The Kier molecular flexibility index (Phi) is 3.20. The van der Waals surface area contributed by atoms with Crippen LogP contribution in [-0.2, 0) is 6.61 Å². The van der Waals surface area contributed by atoms with Crippen LogP contribution in [-0.4, -0.2) is 27.7 Å². The van der Waals surface area contributed by atoms with E-state index in [-0.39, 0.29) is 6.61 Å². The molecular weight excluding hydrogens is 226 g/mol. The van der Waals surface area contributed by atoms with Gasteiger partial charge >= 0.3 is 0 Å². The minimum Gasteiger partial charge on any atom is -0.391 e. The van der Waals surface area contributed by atoms with Crippen LogP contribution < -0.4 is 4.90 Å². The molecule has 0 bridgehead atoms. The molecule has 0 amide bonds. The van der Waals surface area contributed by atoms with Crippen LogP contribution in [0.4, 0.5) is 5.82 Å². The van der Waals surface area contributed by atoms with Crippen LogP contribution in [0.2, 0.25) is 0 Å². The van der Waals surface area contributed by atoms with Gasteiger partial charge in [-0.3, -0.25) is 0 Å². The number of piperidine rings is 1. The molecule has 1 saturated carbocycles. The lowest BCUT2D eigenvalue weighted by molar-refractivity contribution is 0.279. The maximum Gasteiger partial charge on any atom is 0.138 e. The van der Waals surface area contributed by atoms with Gasteiger partial charge in [-0.1, -0.05) is 6.42 Å². The number of hydrogen-bond acceptors (Lipinski definition) is 4. The Morgan fingerprint density at radius 3 is 3.00 bits per heavy atom. The van der Waals surface area contributed by atoms with Gasteiger partial charge in [0.2, 0.25) is 0 Å². The first-order valence-corrected chi connectivity index (χ1v) is 6.99. The average molecular weight is 247 g/mol. The number of rotatable bonds is 2. The predicted molar refractivity (Wildman–Crippen MR) is 70.4 cm³/mol. The van der Waals surface area contributed by atoms with Crippen LogP contribution in [0.5, 0.6) is 0 Å². The zero-order valence-electron chi connectivity index (χ0n) is 11.0. The van der Waals surface area contributed by atoms with Gasteiger partial charge in [0.05, 0.1) is 6.61 Å². The number of nitrogens with zero attached hydrogens (tertiary/aromatic N) is 3. The molecule has 2 aliphatic rings. The Morgan fingerprint density at radius 1 is 1.33 bits per heavy atom. The summed E-state index contributed by atoms with van der Waals surface area (Å²) in [4.78, 5) is 11.2. The summed E-state index contributed by atoms with van der Waals surface area (Å²) >= 11 is 0. The fourth-order valence-electron chi connectivity index (χ4n) is 3.56. The molecular formula is C14H21N3O. The molecule has 1 aliphatic carbocycles. The van der Waals surface area contributed by atoms with Gasteiger partial charge in [-0.2, -0.15) is 0 Å². The van der Waals surface area contributed by atoms with Gasteiger partial charge in [-0.15, -0.1) is 0 Å². The number of hydrogen-bond donors (Lipinski definition) is 1. The lowest BCUT2D eigenvalue weighted by Crippen LogP contribution is -2.43. The molecule has 4 heteroatoms. The Bertz CT molecular complexity index is 435. The van der Waals surface area contributed by atoms with Crippen molar-refractivity contribution >= 4 is 5.82 Å². The molecule has 0 aromatic carbocycles. The van der Waals surface area contributed by atoms with E-state index in [9.17, 15) is 5.11 Å². The van der Waals surface area contributed by atoms with Gasteiger partial charge in [0.15, 0.2) is 0 Å². The van der Waals surface area contributed by atoms with Gasteiger partial charge < -0.3 is 10.0 Å². The second-order valence-corrected chi connectivity index (χ2v) is 5.52. The predicted octanol–water partition coefficient (Wildman–Crippen LogP) is 2.05. The fourth-order valence-corrected chi connectivity index (χ4v) is 3.56. The molecule has 2 heterocycles. The summed E-state index contributed by atoms with van der Waals surface area (Å²) in [6.45, 7) is 3.02. The van der Waals surface area contributed by atoms with E-state index in [0.29, 0.717) is 6.04 Å². The smallest absolute Gasteiger partial charge is 0.138 e. The SMILES string of the molecule is Cc1ncc(CO)c(N2CCCC3CCCC32)n1. The third-order valence-electron chi connectivity index (χ3n) is 4.40. The normalized spacial score (nSPS) is 27.3. The Labute approximate surface area is 108 Å². The van der Waals surface area contributed by atoms with Crippen molar-refractivity contribution in [2.45, 2.75) is 51.7 Å². The first kappa shape index (κ1) is 11.9. The third kappa shape index (κ3) is 1.99. The van der Waals surface area contributed by atoms with Crippen LogP contribution >= 0.6 is 0 Å². The lowest BCUT2D eigenvalue weighted by Gasteiger charge is -2.39. The van der Waals surface area contributed by atoms with Crippen LogP contribution in [0, 0.1) is 12.8 Å². The molecule has 3 rings (SSSR count). The van der Waals surface area contributed by atoms with E-state index in [1.165, 1.54) is 32.1 Å². The highest BCUT2D eigenvalue weighted by atomic mass is 16.3. The first-order valence-electron chi connectivity index (χ1n) is 6.99. The number of fused-ring (bicyclic) bond motifs is 1. The maximum absolute atomic E-state index is 9.47. The molecule has 1 saturated heterocycles. The van der Waals surface area contributed by atoms with Crippen molar-refractivity contribution in [3.05, 3.63) is 17.6 Å². The Morgan fingerprint density at radius 2 is 2.17 bits per heavy atom. The summed E-state index contributed by atoms with van der Waals surface area (Å²) in [6, 6.07) is 0.637. The van der Waals surface area contributed by atoms with Crippen LogP contribution in [0.15, 0.2) is 6.20 Å². The standard InChI is InChI=1S/C14H21N3O/c1-10-15-8-12(9-18)14(16-10)17-7-3-5-11-4-2-6-13(11)17/h8,11,13,18H,2-7,9H2,1H3. The Hall–Kier alpha value is -1.16. The van der Waals surface area contributed by atoms with Crippen molar-refractivity contribution in [2.75, 3.05) is 11.4 Å². The van der Waals surface area contributed by atoms with Crippen molar-refractivity contribution in [3.63, 3.8) is 0 Å². The summed E-state index contributed by atoms with van der Waals surface area (Å²) in [5.74, 6) is 2.60. The molecule has 1 aliphatic heterocycles. The number of aromatic nitrogens is 2. The van der Waals surface area contributed by atoms with E-state index >= 15 is 0 Å². The summed E-state index contributed by atoms with van der Waals surface area (Å²) in [6.07, 6.45) is 8.35. The van der Waals surface area contributed by atoms with Gasteiger partial charge in [-0.05, 0) is 38.5 Å². The van der Waals surface area contributed by atoms with Crippen molar-refractivity contribution < 1.29 is 5.11 Å². The van der Waals surface area contributed by atoms with E-state index < -0.39 is 0 Å². The minimum absolute atomic E-state index is 0.0312.